The van der Waals surface area contributed by atoms with Crippen molar-refractivity contribution in [2.45, 2.75) is 45.6 Å². The summed E-state index contributed by atoms with van der Waals surface area (Å²) in [5, 5.41) is 3.45. The lowest BCUT2D eigenvalue weighted by Gasteiger charge is -2.32. The van der Waals surface area contributed by atoms with Crippen LogP contribution in [0.5, 0.6) is 0 Å². The van der Waals surface area contributed by atoms with Gasteiger partial charge in [0.05, 0.1) is 0 Å². The Morgan fingerprint density at radius 1 is 1.00 bits per heavy atom. The minimum absolute atomic E-state index is 0.737. The molecule has 1 aliphatic heterocycles. The molecular weight excluding hydrogens is 184 g/mol. The summed E-state index contributed by atoms with van der Waals surface area (Å²) in [7, 11) is 0. The lowest BCUT2D eigenvalue weighted by atomic mass is 9.97. The second kappa shape index (κ2) is 5.31. The molecule has 2 heteroatoms. The fourth-order valence-corrected chi connectivity index (χ4v) is 2.52. The number of nitrogens with one attached hydrogen (secondary N) is 1. The molecule has 0 bridgehead atoms. The molecule has 1 saturated heterocycles. The van der Waals surface area contributed by atoms with Gasteiger partial charge in [-0.2, -0.15) is 0 Å². The zero-order valence-electron chi connectivity index (χ0n) is 10.3. The Kier molecular flexibility index (Phi) is 4.04. The number of hydrogen-bond donors (Lipinski definition) is 1. The van der Waals surface area contributed by atoms with Crippen LogP contribution in [0, 0.1) is 11.8 Å². The maximum Gasteiger partial charge on any atom is 0.00388 e. The summed E-state index contributed by atoms with van der Waals surface area (Å²) in [6.45, 7) is 9.88. The smallest absolute Gasteiger partial charge is 0.00388 e. The maximum atomic E-state index is 3.45. The van der Waals surface area contributed by atoms with E-state index in [1.54, 1.807) is 0 Å². The maximum absolute atomic E-state index is 3.45. The molecule has 0 unspecified atom stereocenters. The average Bonchev–Trinajstić information content (AvgIpc) is 3.02. The first-order valence-corrected chi connectivity index (χ1v) is 6.70. The summed E-state index contributed by atoms with van der Waals surface area (Å²) in [5.74, 6) is 1.99. The molecule has 1 aliphatic carbocycles. The predicted molar refractivity (Wildman–Crippen MR) is 65.0 cm³/mol. The van der Waals surface area contributed by atoms with Crippen LogP contribution in [0.3, 0.4) is 0 Å². The Labute approximate surface area is 94.4 Å². The summed E-state index contributed by atoms with van der Waals surface area (Å²) in [6.07, 6.45) is 5.73. The van der Waals surface area contributed by atoms with Gasteiger partial charge in [0.25, 0.3) is 0 Å². The second-order valence-corrected chi connectivity index (χ2v) is 5.68. The molecule has 1 heterocycles. The molecule has 0 spiro atoms. The van der Waals surface area contributed by atoms with Crippen molar-refractivity contribution in [3.05, 3.63) is 0 Å². The van der Waals surface area contributed by atoms with Crippen molar-refractivity contribution < 1.29 is 0 Å². The summed E-state index contributed by atoms with van der Waals surface area (Å²) >= 11 is 0. The van der Waals surface area contributed by atoms with E-state index in [0.29, 0.717) is 0 Å². The van der Waals surface area contributed by atoms with Gasteiger partial charge >= 0.3 is 0 Å². The molecule has 2 nitrogen and oxygen atoms in total. The van der Waals surface area contributed by atoms with Gasteiger partial charge in [-0.15, -0.1) is 0 Å². The zero-order chi connectivity index (χ0) is 10.7. The van der Waals surface area contributed by atoms with Gasteiger partial charge in [0.15, 0.2) is 0 Å². The molecule has 0 aromatic carbocycles. The summed E-state index contributed by atoms with van der Waals surface area (Å²) < 4.78 is 0. The summed E-state index contributed by atoms with van der Waals surface area (Å²) in [5.41, 5.74) is 0. The van der Waals surface area contributed by atoms with Gasteiger partial charge in [-0.25, -0.2) is 0 Å². The van der Waals surface area contributed by atoms with Crippen LogP contribution in [-0.2, 0) is 0 Å². The standard InChI is InChI=1S/C13H26N2/c1-11(2)15(9-12-3-4-12)10-13-5-7-14-8-6-13/h11-14H,3-10H2,1-2H3. The van der Waals surface area contributed by atoms with Crippen LogP contribution in [-0.4, -0.2) is 37.1 Å². The normalized spacial score (nSPS) is 24.0. The molecule has 1 N–H and O–H groups in total. The quantitative estimate of drug-likeness (QED) is 0.747. The van der Waals surface area contributed by atoms with E-state index in [4.69, 9.17) is 0 Å². The van der Waals surface area contributed by atoms with E-state index in [1.807, 2.05) is 0 Å². The third kappa shape index (κ3) is 3.76. The van der Waals surface area contributed by atoms with Crippen molar-refractivity contribution in [1.29, 1.82) is 0 Å². The molecule has 0 radical (unpaired) electrons. The molecule has 88 valence electrons. The molecule has 2 fully saturated rings. The molecule has 2 rings (SSSR count). The monoisotopic (exact) mass is 210 g/mol. The van der Waals surface area contributed by atoms with Crippen LogP contribution in [0.1, 0.15) is 39.5 Å². The van der Waals surface area contributed by atoms with Gasteiger partial charge in [-0.3, -0.25) is 0 Å². The molecule has 0 aromatic heterocycles. The van der Waals surface area contributed by atoms with Gasteiger partial charge in [0.2, 0.25) is 0 Å². The van der Waals surface area contributed by atoms with Gasteiger partial charge in [0, 0.05) is 19.1 Å². The SMILES string of the molecule is CC(C)N(CC1CCNCC1)CC1CC1. The summed E-state index contributed by atoms with van der Waals surface area (Å²) in [4.78, 5) is 2.72. The van der Waals surface area contributed by atoms with Gasteiger partial charge in [-0.05, 0) is 64.5 Å². The van der Waals surface area contributed by atoms with E-state index in [9.17, 15) is 0 Å². The van der Waals surface area contributed by atoms with Crippen LogP contribution in [0.2, 0.25) is 0 Å². The van der Waals surface area contributed by atoms with E-state index in [0.717, 1.165) is 17.9 Å². The molecule has 2 aliphatic rings. The number of rotatable bonds is 5. The predicted octanol–water partition coefficient (Wildman–Crippen LogP) is 2.11. The van der Waals surface area contributed by atoms with Crippen molar-refractivity contribution in [1.82, 2.24) is 10.2 Å². The highest BCUT2D eigenvalue weighted by Gasteiger charge is 2.27. The Morgan fingerprint density at radius 2 is 1.53 bits per heavy atom. The van der Waals surface area contributed by atoms with Gasteiger partial charge in [0.1, 0.15) is 0 Å². The second-order valence-electron chi connectivity index (χ2n) is 5.68. The first-order chi connectivity index (χ1) is 7.25. The van der Waals surface area contributed by atoms with E-state index in [1.165, 1.54) is 51.9 Å². The molecule has 0 atom stereocenters. The topological polar surface area (TPSA) is 15.3 Å². The highest BCUT2D eigenvalue weighted by atomic mass is 15.2. The first kappa shape index (κ1) is 11.4. The third-order valence-corrected chi connectivity index (χ3v) is 3.87. The van der Waals surface area contributed by atoms with Crippen molar-refractivity contribution in [3.8, 4) is 0 Å². The van der Waals surface area contributed by atoms with Crippen LogP contribution in [0.4, 0.5) is 0 Å². The Balaban J connectivity index is 1.75. The highest BCUT2D eigenvalue weighted by Crippen LogP contribution is 2.31. The average molecular weight is 210 g/mol. The zero-order valence-corrected chi connectivity index (χ0v) is 10.3. The molecule has 15 heavy (non-hydrogen) atoms. The lowest BCUT2D eigenvalue weighted by Crippen LogP contribution is -2.40. The number of nitrogens with zero attached hydrogens (tertiary/aromatic N) is 1. The van der Waals surface area contributed by atoms with Gasteiger partial charge < -0.3 is 10.2 Å². The van der Waals surface area contributed by atoms with Crippen molar-refractivity contribution in [3.63, 3.8) is 0 Å². The number of hydrogen-bond acceptors (Lipinski definition) is 2. The molecule has 1 saturated carbocycles. The fourth-order valence-electron chi connectivity index (χ4n) is 2.52. The lowest BCUT2D eigenvalue weighted by molar-refractivity contribution is 0.163. The van der Waals surface area contributed by atoms with Crippen LogP contribution in [0.25, 0.3) is 0 Å². The van der Waals surface area contributed by atoms with E-state index in [2.05, 4.69) is 24.1 Å². The largest absolute Gasteiger partial charge is 0.317 e. The Morgan fingerprint density at radius 3 is 2.00 bits per heavy atom. The van der Waals surface area contributed by atoms with E-state index in [-0.39, 0.29) is 0 Å². The minimum atomic E-state index is 0.737. The van der Waals surface area contributed by atoms with Gasteiger partial charge in [-0.1, -0.05) is 0 Å². The summed E-state index contributed by atoms with van der Waals surface area (Å²) in [6, 6.07) is 0.737. The fraction of sp³-hybridized carbons (Fsp3) is 1.00. The van der Waals surface area contributed by atoms with Crippen LogP contribution >= 0.6 is 0 Å². The van der Waals surface area contributed by atoms with Crippen molar-refractivity contribution in [2.24, 2.45) is 11.8 Å². The Bertz CT molecular complexity index is 181. The molecule has 0 amide bonds. The first-order valence-electron chi connectivity index (χ1n) is 6.70. The van der Waals surface area contributed by atoms with E-state index < -0.39 is 0 Å². The highest BCUT2D eigenvalue weighted by molar-refractivity contribution is 4.81. The molecule has 0 aromatic rings. The van der Waals surface area contributed by atoms with Crippen LogP contribution in [0.15, 0.2) is 0 Å². The van der Waals surface area contributed by atoms with Crippen molar-refractivity contribution in [2.75, 3.05) is 26.2 Å². The minimum Gasteiger partial charge on any atom is -0.317 e. The van der Waals surface area contributed by atoms with Crippen LogP contribution < -0.4 is 5.32 Å². The van der Waals surface area contributed by atoms with E-state index >= 15 is 0 Å². The Hall–Kier alpha value is -0.0800. The third-order valence-electron chi connectivity index (χ3n) is 3.87. The number of piperidine rings is 1. The molecular formula is C13H26N2. The van der Waals surface area contributed by atoms with Crippen molar-refractivity contribution >= 4 is 0 Å².